The van der Waals surface area contributed by atoms with Crippen LogP contribution in [0.5, 0.6) is 0 Å². The lowest BCUT2D eigenvalue weighted by Gasteiger charge is -2.26. The van der Waals surface area contributed by atoms with E-state index in [2.05, 4.69) is 29.6 Å². The molecule has 4 rings (SSSR count). The van der Waals surface area contributed by atoms with E-state index in [9.17, 15) is 9.59 Å². The molecule has 1 saturated carbocycles. The molecule has 4 nitrogen and oxygen atoms in total. The second kappa shape index (κ2) is 6.36. The molecule has 0 bridgehead atoms. The smallest absolute Gasteiger partial charge is 0.339 e. The van der Waals surface area contributed by atoms with Crippen molar-refractivity contribution < 1.29 is 14.3 Å². The van der Waals surface area contributed by atoms with E-state index in [1.165, 1.54) is 5.56 Å². The molecule has 4 heteroatoms. The van der Waals surface area contributed by atoms with Crippen LogP contribution in [0.15, 0.2) is 48.5 Å². The summed E-state index contributed by atoms with van der Waals surface area (Å²) in [6, 6.07) is 15.6. The van der Waals surface area contributed by atoms with Gasteiger partial charge in [0.25, 0.3) is 5.91 Å². The van der Waals surface area contributed by atoms with Gasteiger partial charge >= 0.3 is 5.97 Å². The highest BCUT2D eigenvalue weighted by molar-refractivity contribution is 5.95. The third kappa shape index (κ3) is 3.29. The zero-order chi connectivity index (χ0) is 17.4. The maximum Gasteiger partial charge on any atom is 0.339 e. The second-order valence-electron chi connectivity index (χ2n) is 6.99. The molecule has 2 aliphatic rings. The van der Waals surface area contributed by atoms with E-state index < -0.39 is 12.1 Å². The van der Waals surface area contributed by atoms with E-state index in [-0.39, 0.29) is 11.9 Å². The summed E-state index contributed by atoms with van der Waals surface area (Å²) in [5.41, 5.74) is 3.74. The Balaban J connectivity index is 1.51. The first-order valence-electron chi connectivity index (χ1n) is 8.77. The number of rotatable bonds is 4. The van der Waals surface area contributed by atoms with Crippen LogP contribution in [-0.4, -0.2) is 18.0 Å². The van der Waals surface area contributed by atoms with Crippen molar-refractivity contribution in [1.29, 1.82) is 0 Å². The van der Waals surface area contributed by atoms with Crippen molar-refractivity contribution in [3.8, 4) is 0 Å². The van der Waals surface area contributed by atoms with Crippen LogP contribution >= 0.6 is 0 Å². The van der Waals surface area contributed by atoms with Crippen molar-refractivity contribution >= 4 is 11.9 Å². The van der Waals surface area contributed by atoms with Crippen LogP contribution in [0.2, 0.25) is 0 Å². The Labute approximate surface area is 147 Å². The van der Waals surface area contributed by atoms with Gasteiger partial charge in [-0.2, -0.15) is 0 Å². The summed E-state index contributed by atoms with van der Waals surface area (Å²) in [4.78, 5) is 24.9. The number of hydrogen-bond acceptors (Lipinski definition) is 3. The van der Waals surface area contributed by atoms with Crippen LogP contribution < -0.4 is 5.32 Å². The van der Waals surface area contributed by atoms with E-state index in [4.69, 9.17) is 4.74 Å². The third-order valence-electron chi connectivity index (χ3n) is 5.01. The minimum Gasteiger partial charge on any atom is -0.448 e. The molecule has 0 saturated heterocycles. The fraction of sp³-hybridized carbons (Fsp3) is 0.333. The summed E-state index contributed by atoms with van der Waals surface area (Å²) in [5, 5.41) is 3.12. The molecule has 1 amide bonds. The van der Waals surface area contributed by atoms with Crippen LogP contribution in [0, 0.1) is 12.8 Å². The van der Waals surface area contributed by atoms with Gasteiger partial charge in [0, 0.05) is 6.42 Å². The van der Waals surface area contributed by atoms with E-state index in [0.717, 1.165) is 24.0 Å². The highest BCUT2D eigenvalue weighted by atomic mass is 16.5. The molecule has 1 N–H and O–H groups in total. The number of nitrogens with one attached hydrogen (secondary N) is 1. The number of amides is 1. The monoisotopic (exact) mass is 335 g/mol. The maximum absolute atomic E-state index is 12.7. The van der Waals surface area contributed by atoms with Gasteiger partial charge in [-0.1, -0.05) is 48.0 Å². The summed E-state index contributed by atoms with van der Waals surface area (Å²) in [6.45, 7) is 2.05. The van der Waals surface area contributed by atoms with Crippen molar-refractivity contribution in [3.05, 3.63) is 70.8 Å². The summed E-state index contributed by atoms with van der Waals surface area (Å²) in [7, 11) is 0. The normalized spacial score (nSPS) is 20.4. The predicted molar refractivity (Wildman–Crippen MR) is 94.1 cm³/mol. The van der Waals surface area contributed by atoms with E-state index >= 15 is 0 Å². The van der Waals surface area contributed by atoms with Crippen LogP contribution in [0.1, 0.15) is 45.9 Å². The minimum atomic E-state index is -0.755. The molecule has 0 spiro atoms. The Morgan fingerprint density at radius 2 is 1.84 bits per heavy atom. The van der Waals surface area contributed by atoms with Gasteiger partial charge in [0.1, 0.15) is 0 Å². The first kappa shape index (κ1) is 15.9. The van der Waals surface area contributed by atoms with Crippen LogP contribution in [0.3, 0.4) is 0 Å². The number of cyclic esters (lactones) is 1. The third-order valence-corrected chi connectivity index (χ3v) is 5.01. The minimum absolute atomic E-state index is 0.0102. The van der Waals surface area contributed by atoms with Gasteiger partial charge < -0.3 is 10.1 Å². The fourth-order valence-corrected chi connectivity index (χ4v) is 3.40. The Hall–Kier alpha value is -2.62. The molecule has 25 heavy (non-hydrogen) atoms. The topological polar surface area (TPSA) is 55.4 Å². The maximum atomic E-state index is 12.7. The van der Waals surface area contributed by atoms with Crippen LogP contribution in [0.4, 0.5) is 0 Å². The van der Waals surface area contributed by atoms with E-state index in [0.29, 0.717) is 17.9 Å². The molecular weight excluding hydrogens is 314 g/mol. The quantitative estimate of drug-likeness (QED) is 0.872. The molecule has 2 aromatic carbocycles. The Morgan fingerprint density at radius 1 is 1.12 bits per heavy atom. The molecule has 0 aromatic heterocycles. The zero-order valence-electron chi connectivity index (χ0n) is 14.2. The van der Waals surface area contributed by atoms with Gasteiger partial charge in [0.2, 0.25) is 0 Å². The van der Waals surface area contributed by atoms with Gasteiger partial charge in [0.05, 0.1) is 11.6 Å². The summed E-state index contributed by atoms with van der Waals surface area (Å²) in [5.74, 6) is -0.154. The fourth-order valence-electron chi connectivity index (χ4n) is 3.40. The summed E-state index contributed by atoms with van der Waals surface area (Å²) >= 11 is 0. The predicted octanol–water partition coefficient (Wildman–Crippen LogP) is 3.34. The molecule has 2 atom stereocenters. The number of ether oxygens (including phenoxy) is 1. The van der Waals surface area contributed by atoms with Gasteiger partial charge in [-0.3, -0.25) is 4.79 Å². The first-order chi connectivity index (χ1) is 12.1. The molecule has 1 heterocycles. The standard InChI is InChI=1S/C21H21NO3/c1-13-6-8-14(9-7-13)19(15-10-11-15)22-20(23)18-12-16-4-2-3-5-17(16)21(24)25-18/h2-9,15,18-19H,10-12H2,1H3,(H,22,23). The molecule has 2 aromatic rings. The van der Waals surface area contributed by atoms with Crippen molar-refractivity contribution in [3.63, 3.8) is 0 Å². The number of aryl methyl sites for hydroxylation is 1. The lowest BCUT2D eigenvalue weighted by Crippen LogP contribution is -2.43. The number of esters is 1. The molecule has 2 unspecified atom stereocenters. The van der Waals surface area contributed by atoms with Gasteiger partial charge in [-0.05, 0) is 42.9 Å². The largest absolute Gasteiger partial charge is 0.448 e. The van der Waals surface area contributed by atoms with Crippen molar-refractivity contribution in [1.82, 2.24) is 5.32 Å². The SMILES string of the molecule is Cc1ccc(C(NC(=O)C2Cc3ccccc3C(=O)O2)C2CC2)cc1. The van der Waals surface area contributed by atoms with E-state index in [1.54, 1.807) is 12.1 Å². The van der Waals surface area contributed by atoms with Crippen LogP contribution in [0.25, 0.3) is 0 Å². The Kier molecular flexibility index (Phi) is 4.04. The average molecular weight is 335 g/mol. The lowest BCUT2D eigenvalue weighted by molar-refractivity contribution is -0.131. The van der Waals surface area contributed by atoms with Crippen molar-refractivity contribution in [2.45, 2.75) is 38.3 Å². The van der Waals surface area contributed by atoms with E-state index in [1.807, 2.05) is 19.1 Å². The number of fused-ring (bicyclic) bond motifs is 1. The molecule has 1 fully saturated rings. The number of hydrogen-bond donors (Lipinski definition) is 1. The Morgan fingerprint density at radius 3 is 2.56 bits per heavy atom. The highest BCUT2D eigenvalue weighted by Crippen LogP contribution is 2.41. The molecule has 1 aliphatic heterocycles. The number of benzene rings is 2. The second-order valence-corrected chi connectivity index (χ2v) is 6.99. The lowest BCUT2D eigenvalue weighted by atomic mass is 9.97. The van der Waals surface area contributed by atoms with Crippen molar-refractivity contribution in [2.75, 3.05) is 0 Å². The zero-order valence-corrected chi connectivity index (χ0v) is 14.2. The molecule has 1 aliphatic carbocycles. The molecular formula is C21H21NO3. The van der Waals surface area contributed by atoms with Gasteiger partial charge in [-0.25, -0.2) is 4.79 Å². The Bertz CT molecular complexity index is 808. The number of carbonyl (C=O) groups excluding carboxylic acids is 2. The first-order valence-corrected chi connectivity index (χ1v) is 8.77. The number of carbonyl (C=O) groups is 2. The van der Waals surface area contributed by atoms with Gasteiger partial charge in [0.15, 0.2) is 6.10 Å². The molecule has 0 radical (unpaired) electrons. The highest BCUT2D eigenvalue weighted by Gasteiger charge is 2.37. The molecule has 128 valence electrons. The van der Waals surface area contributed by atoms with Crippen LogP contribution in [-0.2, 0) is 16.0 Å². The average Bonchev–Trinajstić information content (AvgIpc) is 3.45. The van der Waals surface area contributed by atoms with Gasteiger partial charge in [-0.15, -0.1) is 0 Å². The summed E-state index contributed by atoms with van der Waals surface area (Å²) in [6.07, 6.45) is 1.91. The summed E-state index contributed by atoms with van der Waals surface area (Å²) < 4.78 is 5.38. The van der Waals surface area contributed by atoms with Crippen molar-refractivity contribution in [2.24, 2.45) is 5.92 Å².